The summed E-state index contributed by atoms with van der Waals surface area (Å²) < 4.78 is 0. The molecular weight excluding hydrogens is 304 g/mol. The van der Waals surface area contributed by atoms with E-state index in [1.54, 1.807) is 44.4 Å². The number of hydrogen-bond acceptors (Lipinski definition) is 3. The standard InChI is InChI=1S/C19H22N2O3/c1-13-9-10-15(11-16(13)19(24)21(2)3)20-18(23)12-17(22)14-7-5-4-6-8-14/h4-11,17,22H,12H2,1-3H3,(H,20,23). The summed E-state index contributed by atoms with van der Waals surface area (Å²) in [4.78, 5) is 25.8. The summed E-state index contributed by atoms with van der Waals surface area (Å²) in [6.07, 6.45) is -0.908. The first-order valence-electron chi connectivity index (χ1n) is 7.73. The average Bonchev–Trinajstić information content (AvgIpc) is 2.56. The fourth-order valence-corrected chi connectivity index (χ4v) is 2.35. The lowest BCUT2D eigenvalue weighted by atomic mass is 10.1. The molecule has 0 radical (unpaired) electrons. The Bertz CT molecular complexity index is 727. The van der Waals surface area contributed by atoms with Crippen molar-refractivity contribution < 1.29 is 14.7 Å². The summed E-state index contributed by atoms with van der Waals surface area (Å²) in [5.74, 6) is -0.425. The van der Waals surface area contributed by atoms with E-state index < -0.39 is 6.10 Å². The van der Waals surface area contributed by atoms with Gasteiger partial charge in [-0.05, 0) is 30.2 Å². The van der Waals surface area contributed by atoms with Crippen LogP contribution in [0.2, 0.25) is 0 Å². The SMILES string of the molecule is Cc1ccc(NC(=O)CC(O)c2ccccc2)cc1C(=O)N(C)C. The maximum atomic E-state index is 12.1. The lowest BCUT2D eigenvalue weighted by Gasteiger charge is -2.15. The molecule has 5 heteroatoms. The van der Waals surface area contributed by atoms with Crippen molar-refractivity contribution in [1.29, 1.82) is 0 Å². The smallest absolute Gasteiger partial charge is 0.253 e. The Morgan fingerprint density at radius 2 is 1.79 bits per heavy atom. The van der Waals surface area contributed by atoms with Crippen molar-refractivity contribution in [3.8, 4) is 0 Å². The zero-order valence-electron chi connectivity index (χ0n) is 14.1. The molecule has 5 nitrogen and oxygen atoms in total. The number of hydrogen-bond donors (Lipinski definition) is 2. The minimum atomic E-state index is -0.862. The molecule has 0 aliphatic heterocycles. The molecule has 2 aromatic rings. The molecule has 0 fully saturated rings. The number of anilines is 1. The Balaban J connectivity index is 2.07. The van der Waals surface area contributed by atoms with Gasteiger partial charge >= 0.3 is 0 Å². The number of aliphatic hydroxyl groups excluding tert-OH is 1. The van der Waals surface area contributed by atoms with Crippen molar-refractivity contribution in [1.82, 2.24) is 4.90 Å². The summed E-state index contributed by atoms with van der Waals surface area (Å²) in [5, 5.41) is 12.8. The quantitative estimate of drug-likeness (QED) is 0.887. The molecule has 0 aliphatic carbocycles. The van der Waals surface area contributed by atoms with Crippen molar-refractivity contribution in [3.63, 3.8) is 0 Å². The second kappa shape index (κ2) is 7.75. The second-order valence-electron chi connectivity index (χ2n) is 5.91. The summed E-state index contributed by atoms with van der Waals surface area (Å²) in [7, 11) is 3.37. The highest BCUT2D eigenvalue weighted by Crippen LogP contribution is 2.19. The monoisotopic (exact) mass is 326 g/mol. The Morgan fingerprint density at radius 1 is 1.12 bits per heavy atom. The van der Waals surface area contributed by atoms with Crippen molar-refractivity contribution in [2.24, 2.45) is 0 Å². The number of nitrogens with zero attached hydrogens (tertiary/aromatic N) is 1. The Hall–Kier alpha value is -2.66. The number of aliphatic hydroxyl groups is 1. The second-order valence-corrected chi connectivity index (χ2v) is 5.91. The largest absolute Gasteiger partial charge is 0.388 e. The van der Waals surface area contributed by atoms with Crippen LogP contribution in [0.1, 0.15) is 34.0 Å². The molecule has 0 bridgehead atoms. The number of nitrogens with one attached hydrogen (secondary N) is 1. The molecule has 0 aliphatic rings. The molecular formula is C19H22N2O3. The maximum Gasteiger partial charge on any atom is 0.253 e. The molecule has 2 amide bonds. The predicted octanol–water partition coefficient (Wildman–Crippen LogP) is 2.76. The number of carbonyl (C=O) groups excluding carboxylic acids is 2. The van der Waals surface area contributed by atoms with E-state index in [4.69, 9.17) is 0 Å². The van der Waals surface area contributed by atoms with Gasteiger partial charge in [-0.15, -0.1) is 0 Å². The fraction of sp³-hybridized carbons (Fsp3) is 0.263. The van der Waals surface area contributed by atoms with Crippen LogP contribution in [-0.4, -0.2) is 35.9 Å². The van der Waals surface area contributed by atoms with Gasteiger partial charge in [0, 0.05) is 25.3 Å². The molecule has 126 valence electrons. The van der Waals surface area contributed by atoms with Crippen LogP contribution in [-0.2, 0) is 4.79 Å². The predicted molar refractivity (Wildman–Crippen MR) is 93.8 cm³/mol. The third kappa shape index (κ3) is 4.43. The van der Waals surface area contributed by atoms with E-state index in [1.165, 1.54) is 4.90 Å². The third-order valence-corrected chi connectivity index (χ3v) is 3.72. The highest BCUT2D eigenvalue weighted by Gasteiger charge is 2.15. The molecule has 2 N–H and O–H groups in total. The molecule has 2 rings (SSSR count). The van der Waals surface area contributed by atoms with E-state index in [9.17, 15) is 14.7 Å². The molecule has 0 spiro atoms. The van der Waals surface area contributed by atoms with Gasteiger partial charge in [0.1, 0.15) is 0 Å². The van der Waals surface area contributed by atoms with Gasteiger partial charge < -0.3 is 15.3 Å². The highest BCUT2D eigenvalue weighted by atomic mass is 16.3. The number of benzene rings is 2. The van der Waals surface area contributed by atoms with Gasteiger partial charge in [0.15, 0.2) is 0 Å². The van der Waals surface area contributed by atoms with E-state index in [0.29, 0.717) is 16.8 Å². The normalized spacial score (nSPS) is 11.7. The number of carbonyl (C=O) groups is 2. The van der Waals surface area contributed by atoms with Crippen LogP contribution in [0.25, 0.3) is 0 Å². The van der Waals surface area contributed by atoms with Crippen LogP contribution in [0.15, 0.2) is 48.5 Å². The van der Waals surface area contributed by atoms with Gasteiger partial charge in [-0.3, -0.25) is 9.59 Å². The minimum absolute atomic E-state index is 0.0468. The van der Waals surface area contributed by atoms with Crippen LogP contribution in [0, 0.1) is 6.92 Å². The first kappa shape index (κ1) is 17.7. The summed E-state index contributed by atoms with van der Waals surface area (Å²) in [6, 6.07) is 14.2. The van der Waals surface area contributed by atoms with E-state index in [2.05, 4.69) is 5.32 Å². The Morgan fingerprint density at radius 3 is 2.42 bits per heavy atom. The summed E-state index contributed by atoms with van der Waals surface area (Å²) >= 11 is 0. The van der Waals surface area contributed by atoms with Crippen molar-refractivity contribution in [2.45, 2.75) is 19.4 Å². The number of rotatable bonds is 5. The van der Waals surface area contributed by atoms with Gasteiger partial charge in [-0.1, -0.05) is 36.4 Å². The first-order chi connectivity index (χ1) is 11.4. The zero-order chi connectivity index (χ0) is 17.7. The lowest BCUT2D eigenvalue weighted by Crippen LogP contribution is -2.23. The van der Waals surface area contributed by atoms with E-state index >= 15 is 0 Å². The Kier molecular flexibility index (Phi) is 5.71. The lowest BCUT2D eigenvalue weighted by molar-refractivity contribution is -0.118. The van der Waals surface area contributed by atoms with Gasteiger partial charge in [0.25, 0.3) is 5.91 Å². The van der Waals surface area contributed by atoms with E-state index in [-0.39, 0.29) is 18.2 Å². The van der Waals surface area contributed by atoms with Crippen molar-refractivity contribution in [2.75, 3.05) is 19.4 Å². The number of aryl methyl sites for hydroxylation is 1. The van der Waals surface area contributed by atoms with Crippen molar-refractivity contribution in [3.05, 3.63) is 65.2 Å². The molecule has 1 atom stereocenters. The van der Waals surface area contributed by atoms with E-state index in [1.807, 2.05) is 25.1 Å². The molecule has 0 saturated carbocycles. The summed E-state index contributed by atoms with van der Waals surface area (Å²) in [6.45, 7) is 1.85. The highest BCUT2D eigenvalue weighted by molar-refractivity contribution is 5.98. The van der Waals surface area contributed by atoms with Crippen LogP contribution in [0.4, 0.5) is 5.69 Å². The van der Waals surface area contributed by atoms with Gasteiger partial charge in [-0.2, -0.15) is 0 Å². The third-order valence-electron chi connectivity index (χ3n) is 3.72. The van der Waals surface area contributed by atoms with Gasteiger partial charge in [-0.25, -0.2) is 0 Å². The molecule has 2 aromatic carbocycles. The van der Waals surface area contributed by atoms with Crippen LogP contribution in [0.5, 0.6) is 0 Å². The Labute approximate surface area is 141 Å². The van der Waals surface area contributed by atoms with Crippen LogP contribution in [0.3, 0.4) is 0 Å². The zero-order valence-corrected chi connectivity index (χ0v) is 14.1. The maximum absolute atomic E-state index is 12.1. The molecule has 1 unspecified atom stereocenters. The summed E-state index contributed by atoms with van der Waals surface area (Å²) in [5.41, 5.74) is 2.62. The number of amides is 2. The fourth-order valence-electron chi connectivity index (χ4n) is 2.35. The topological polar surface area (TPSA) is 69.6 Å². The van der Waals surface area contributed by atoms with Crippen LogP contribution >= 0.6 is 0 Å². The van der Waals surface area contributed by atoms with Gasteiger partial charge in [0.2, 0.25) is 5.91 Å². The molecule has 24 heavy (non-hydrogen) atoms. The average molecular weight is 326 g/mol. The first-order valence-corrected chi connectivity index (χ1v) is 7.73. The molecule has 0 saturated heterocycles. The molecule has 0 heterocycles. The van der Waals surface area contributed by atoms with Gasteiger partial charge in [0.05, 0.1) is 12.5 Å². The minimum Gasteiger partial charge on any atom is -0.388 e. The van der Waals surface area contributed by atoms with Crippen molar-refractivity contribution >= 4 is 17.5 Å². The molecule has 0 aromatic heterocycles. The van der Waals surface area contributed by atoms with Crippen LogP contribution < -0.4 is 5.32 Å². The van der Waals surface area contributed by atoms with E-state index in [0.717, 1.165) is 5.56 Å².